The quantitative estimate of drug-likeness (QED) is 0.905. The maximum Gasteiger partial charge on any atom is 0.267 e. The standard InChI is InChI=1S/C13H12ClNO2S/c1-8-7-18-12(11(8)14)13(17)15-10-4-2-9(6-16)3-5-10/h2-5,7,16H,6H2,1H3,(H,15,17). The van der Waals surface area contributed by atoms with Gasteiger partial charge < -0.3 is 10.4 Å². The molecule has 18 heavy (non-hydrogen) atoms. The van der Waals surface area contributed by atoms with Gasteiger partial charge in [-0.25, -0.2) is 0 Å². The summed E-state index contributed by atoms with van der Waals surface area (Å²) in [5.41, 5.74) is 2.39. The summed E-state index contributed by atoms with van der Waals surface area (Å²) >= 11 is 7.36. The van der Waals surface area contributed by atoms with Crippen molar-refractivity contribution in [2.24, 2.45) is 0 Å². The fourth-order valence-electron chi connectivity index (χ4n) is 1.46. The minimum absolute atomic E-state index is 0.00975. The van der Waals surface area contributed by atoms with Crippen LogP contribution in [0.3, 0.4) is 0 Å². The normalized spacial score (nSPS) is 10.4. The maximum absolute atomic E-state index is 12.0. The average Bonchev–Trinajstić information content (AvgIpc) is 2.71. The second-order valence-corrected chi connectivity index (χ2v) is 5.13. The Labute approximate surface area is 114 Å². The highest BCUT2D eigenvalue weighted by Gasteiger charge is 2.14. The van der Waals surface area contributed by atoms with E-state index < -0.39 is 0 Å². The topological polar surface area (TPSA) is 49.3 Å². The first-order chi connectivity index (χ1) is 8.61. The molecule has 2 rings (SSSR count). The molecule has 0 saturated carbocycles. The van der Waals surface area contributed by atoms with Crippen molar-refractivity contribution in [3.05, 3.63) is 50.7 Å². The van der Waals surface area contributed by atoms with E-state index in [1.807, 2.05) is 12.3 Å². The Morgan fingerprint density at radius 1 is 1.39 bits per heavy atom. The molecule has 0 fully saturated rings. The van der Waals surface area contributed by atoms with E-state index in [0.29, 0.717) is 15.6 Å². The van der Waals surface area contributed by atoms with Crippen LogP contribution in [0.4, 0.5) is 5.69 Å². The first-order valence-corrected chi connectivity index (χ1v) is 6.62. The van der Waals surface area contributed by atoms with Crippen molar-refractivity contribution >= 4 is 34.5 Å². The third-order valence-corrected chi connectivity index (χ3v) is 4.20. The second kappa shape index (κ2) is 5.52. The van der Waals surface area contributed by atoms with Crippen LogP contribution >= 0.6 is 22.9 Å². The Morgan fingerprint density at radius 2 is 2.06 bits per heavy atom. The van der Waals surface area contributed by atoms with E-state index in [1.165, 1.54) is 11.3 Å². The Kier molecular flexibility index (Phi) is 4.01. The number of anilines is 1. The van der Waals surface area contributed by atoms with E-state index in [-0.39, 0.29) is 12.5 Å². The van der Waals surface area contributed by atoms with Gasteiger partial charge in [-0.1, -0.05) is 23.7 Å². The van der Waals surface area contributed by atoms with Gasteiger partial charge in [-0.3, -0.25) is 4.79 Å². The lowest BCUT2D eigenvalue weighted by atomic mass is 10.2. The molecular weight excluding hydrogens is 270 g/mol. The first kappa shape index (κ1) is 13.1. The van der Waals surface area contributed by atoms with E-state index in [1.54, 1.807) is 24.3 Å². The molecule has 3 nitrogen and oxygen atoms in total. The molecule has 2 N–H and O–H groups in total. The van der Waals surface area contributed by atoms with Gasteiger partial charge in [-0.2, -0.15) is 0 Å². The number of hydrogen-bond acceptors (Lipinski definition) is 3. The van der Waals surface area contributed by atoms with E-state index in [0.717, 1.165) is 11.1 Å². The fourth-order valence-corrected chi connectivity index (χ4v) is 2.64. The van der Waals surface area contributed by atoms with Crippen molar-refractivity contribution in [3.63, 3.8) is 0 Å². The van der Waals surface area contributed by atoms with Crippen LogP contribution in [0, 0.1) is 6.92 Å². The molecule has 0 unspecified atom stereocenters. The lowest BCUT2D eigenvalue weighted by Gasteiger charge is -2.05. The predicted octanol–water partition coefficient (Wildman–Crippen LogP) is 3.45. The van der Waals surface area contributed by atoms with E-state index >= 15 is 0 Å². The molecule has 0 atom stereocenters. The van der Waals surface area contributed by atoms with E-state index in [9.17, 15) is 4.79 Å². The van der Waals surface area contributed by atoms with Crippen LogP contribution in [0.2, 0.25) is 5.02 Å². The van der Waals surface area contributed by atoms with Crippen molar-refractivity contribution in [1.82, 2.24) is 0 Å². The highest BCUT2D eigenvalue weighted by Crippen LogP contribution is 2.27. The summed E-state index contributed by atoms with van der Waals surface area (Å²) in [4.78, 5) is 12.5. The van der Waals surface area contributed by atoms with Gasteiger partial charge >= 0.3 is 0 Å². The molecule has 2 aromatic rings. The highest BCUT2D eigenvalue weighted by molar-refractivity contribution is 7.13. The zero-order valence-electron chi connectivity index (χ0n) is 9.74. The predicted molar refractivity (Wildman–Crippen MR) is 74.4 cm³/mol. The molecule has 0 saturated heterocycles. The van der Waals surface area contributed by atoms with Crippen LogP contribution in [-0.4, -0.2) is 11.0 Å². The number of carbonyl (C=O) groups excluding carboxylic acids is 1. The van der Waals surface area contributed by atoms with Gasteiger partial charge in [-0.05, 0) is 35.6 Å². The van der Waals surface area contributed by atoms with Gasteiger partial charge in [0.2, 0.25) is 0 Å². The number of amides is 1. The number of aliphatic hydroxyl groups is 1. The van der Waals surface area contributed by atoms with Gasteiger partial charge in [0.05, 0.1) is 11.6 Å². The summed E-state index contributed by atoms with van der Waals surface area (Å²) in [6.45, 7) is 1.86. The van der Waals surface area contributed by atoms with Gasteiger partial charge in [0, 0.05) is 5.69 Å². The molecule has 1 aromatic heterocycles. The minimum atomic E-state index is -0.213. The molecule has 0 aliphatic carbocycles. The van der Waals surface area contributed by atoms with Crippen LogP contribution in [0.1, 0.15) is 20.8 Å². The number of aryl methyl sites for hydroxylation is 1. The summed E-state index contributed by atoms with van der Waals surface area (Å²) < 4.78 is 0. The van der Waals surface area contributed by atoms with Gasteiger partial charge in [0.15, 0.2) is 0 Å². The lowest BCUT2D eigenvalue weighted by Crippen LogP contribution is -2.10. The summed E-state index contributed by atoms with van der Waals surface area (Å²) in [5.74, 6) is -0.213. The molecule has 0 spiro atoms. The summed E-state index contributed by atoms with van der Waals surface area (Å²) in [5, 5.41) is 14.1. The molecule has 5 heteroatoms. The second-order valence-electron chi connectivity index (χ2n) is 3.87. The Balaban J connectivity index is 2.13. The number of carbonyl (C=O) groups is 1. The number of aliphatic hydroxyl groups excluding tert-OH is 1. The van der Waals surface area contributed by atoms with E-state index in [2.05, 4.69) is 5.32 Å². The van der Waals surface area contributed by atoms with Gasteiger partial charge in [0.25, 0.3) is 5.91 Å². The number of rotatable bonds is 3. The largest absolute Gasteiger partial charge is 0.392 e. The summed E-state index contributed by atoms with van der Waals surface area (Å²) in [6.07, 6.45) is 0. The molecule has 94 valence electrons. The molecule has 1 aromatic carbocycles. The number of hydrogen-bond donors (Lipinski definition) is 2. The van der Waals surface area contributed by atoms with Crippen LogP contribution in [0.5, 0.6) is 0 Å². The van der Waals surface area contributed by atoms with Crippen LogP contribution in [0.15, 0.2) is 29.6 Å². The van der Waals surface area contributed by atoms with Crippen molar-refractivity contribution in [1.29, 1.82) is 0 Å². The zero-order valence-corrected chi connectivity index (χ0v) is 11.3. The van der Waals surface area contributed by atoms with Crippen molar-refractivity contribution < 1.29 is 9.90 Å². The molecule has 0 aliphatic rings. The van der Waals surface area contributed by atoms with Gasteiger partial charge in [-0.15, -0.1) is 11.3 Å². The molecule has 1 heterocycles. The molecular formula is C13H12ClNO2S. The number of halogens is 1. The lowest BCUT2D eigenvalue weighted by molar-refractivity contribution is 0.103. The third kappa shape index (κ3) is 2.72. The SMILES string of the molecule is Cc1csc(C(=O)Nc2ccc(CO)cc2)c1Cl. The summed E-state index contributed by atoms with van der Waals surface area (Å²) in [6, 6.07) is 7.02. The Hall–Kier alpha value is -1.36. The number of benzene rings is 1. The fraction of sp³-hybridized carbons (Fsp3) is 0.154. The van der Waals surface area contributed by atoms with Crippen molar-refractivity contribution in [2.45, 2.75) is 13.5 Å². The Bertz CT molecular complexity index is 563. The third-order valence-electron chi connectivity index (χ3n) is 2.50. The number of thiophene rings is 1. The maximum atomic E-state index is 12.0. The minimum Gasteiger partial charge on any atom is -0.392 e. The van der Waals surface area contributed by atoms with Crippen LogP contribution in [0.25, 0.3) is 0 Å². The van der Waals surface area contributed by atoms with E-state index in [4.69, 9.17) is 16.7 Å². The molecule has 0 aliphatic heterocycles. The van der Waals surface area contributed by atoms with Crippen molar-refractivity contribution in [3.8, 4) is 0 Å². The first-order valence-electron chi connectivity index (χ1n) is 5.36. The van der Waals surface area contributed by atoms with Crippen molar-refractivity contribution in [2.75, 3.05) is 5.32 Å². The number of nitrogens with one attached hydrogen (secondary N) is 1. The smallest absolute Gasteiger partial charge is 0.267 e. The average molecular weight is 282 g/mol. The molecule has 0 radical (unpaired) electrons. The molecule has 1 amide bonds. The monoisotopic (exact) mass is 281 g/mol. The van der Waals surface area contributed by atoms with Gasteiger partial charge in [0.1, 0.15) is 4.88 Å². The zero-order chi connectivity index (χ0) is 13.1. The Morgan fingerprint density at radius 3 is 2.56 bits per heavy atom. The van der Waals surface area contributed by atoms with Crippen LogP contribution < -0.4 is 5.32 Å². The molecule has 0 bridgehead atoms. The highest BCUT2D eigenvalue weighted by atomic mass is 35.5. The summed E-state index contributed by atoms with van der Waals surface area (Å²) in [7, 11) is 0. The van der Waals surface area contributed by atoms with Crippen LogP contribution in [-0.2, 0) is 6.61 Å².